The predicted molar refractivity (Wildman–Crippen MR) is 108 cm³/mol. The van der Waals surface area contributed by atoms with Gasteiger partial charge in [0.2, 0.25) is 11.7 Å². The molecular weight excluding hydrogens is 372 g/mol. The summed E-state index contributed by atoms with van der Waals surface area (Å²) in [7, 11) is 0. The van der Waals surface area contributed by atoms with Crippen molar-refractivity contribution in [1.29, 1.82) is 0 Å². The topological polar surface area (TPSA) is 88.9 Å². The number of carbonyl (C=O) groups is 3. The van der Waals surface area contributed by atoms with Crippen LogP contribution in [0.3, 0.4) is 0 Å². The lowest BCUT2D eigenvalue weighted by atomic mass is 9.97. The second-order valence-electron chi connectivity index (χ2n) is 8.74. The van der Waals surface area contributed by atoms with Crippen LogP contribution in [0.1, 0.15) is 56.3 Å². The molecule has 29 heavy (non-hydrogen) atoms. The minimum atomic E-state index is -1.13. The Bertz CT molecular complexity index is 968. The molecule has 1 N–H and O–H groups in total. The van der Waals surface area contributed by atoms with Crippen molar-refractivity contribution in [2.24, 2.45) is 0 Å². The van der Waals surface area contributed by atoms with Gasteiger partial charge in [-0.3, -0.25) is 19.3 Å². The molecule has 0 bridgehead atoms. The van der Waals surface area contributed by atoms with Gasteiger partial charge in [-0.25, -0.2) is 0 Å². The van der Waals surface area contributed by atoms with Crippen LogP contribution in [0.2, 0.25) is 0 Å². The van der Waals surface area contributed by atoms with Crippen molar-refractivity contribution >= 4 is 23.3 Å². The first kappa shape index (κ1) is 20.6. The van der Waals surface area contributed by atoms with E-state index in [9.17, 15) is 14.4 Å². The Balaban J connectivity index is 2.04. The molecular formula is C22H26N2O5. The van der Waals surface area contributed by atoms with Gasteiger partial charge in [-0.05, 0) is 71.4 Å². The Morgan fingerprint density at radius 1 is 1.21 bits per heavy atom. The van der Waals surface area contributed by atoms with Crippen molar-refractivity contribution in [1.82, 2.24) is 5.32 Å². The lowest BCUT2D eigenvalue weighted by molar-refractivity contribution is -0.134. The number of ketones is 1. The highest BCUT2D eigenvalue weighted by Crippen LogP contribution is 2.40. The summed E-state index contributed by atoms with van der Waals surface area (Å²) in [6.45, 7) is 10.5. The van der Waals surface area contributed by atoms with Crippen LogP contribution in [-0.4, -0.2) is 35.3 Å². The summed E-state index contributed by atoms with van der Waals surface area (Å²) < 4.78 is 11.1. The number of aryl methyl sites for hydroxylation is 1. The van der Waals surface area contributed by atoms with E-state index < -0.39 is 11.1 Å². The van der Waals surface area contributed by atoms with Gasteiger partial charge in [0, 0.05) is 11.1 Å². The monoisotopic (exact) mass is 398 g/mol. The van der Waals surface area contributed by atoms with Gasteiger partial charge in [0.05, 0.1) is 12.0 Å². The Kier molecular flexibility index (Phi) is 5.03. The Morgan fingerprint density at radius 2 is 1.90 bits per heavy atom. The van der Waals surface area contributed by atoms with E-state index in [1.54, 1.807) is 45.0 Å². The molecule has 0 saturated carbocycles. The maximum Gasteiger partial charge on any atom is 0.271 e. The van der Waals surface area contributed by atoms with Crippen molar-refractivity contribution in [3.05, 3.63) is 47.4 Å². The van der Waals surface area contributed by atoms with Gasteiger partial charge in [0.25, 0.3) is 5.91 Å². The zero-order chi connectivity index (χ0) is 21.6. The van der Waals surface area contributed by atoms with Crippen LogP contribution < -0.4 is 15.0 Å². The zero-order valence-electron chi connectivity index (χ0n) is 17.6. The fraction of sp³-hybridized carbons (Fsp3) is 0.409. The first-order valence-electron chi connectivity index (χ1n) is 9.44. The van der Waals surface area contributed by atoms with Gasteiger partial charge in [-0.1, -0.05) is 0 Å². The van der Waals surface area contributed by atoms with Crippen molar-refractivity contribution in [3.8, 4) is 5.75 Å². The van der Waals surface area contributed by atoms with Crippen LogP contribution in [-0.2, 0) is 9.59 Å². The summed E-state index contributed by atoms with van der Waals surface area (Å²) in [5.41, 5.74) is -0.101. The van der Waals surface area contributed by atoms with Crippen LogP contribution >= 0.6 is 0 Å². The molecule has 1 aromatic heterocycles. The van der Waals surface area contributed by atoms with E-state index in [4.69, 9.17) is 9.15 Å². The van der Waals surface area contributed by atoms with E-state index in [-0.39, 0.29) is 29.9 Å². The smallest absolute Gasteiger partial charge is 0.271 e. The Labute approximate surface area is 170 Å². The van der Waals surface area contributed by atoms with Crippen LogP contribution in [0, 0.1) is 6.92 Å². The molecule has 7 nitrogen and oxygen atoms in total. The van der Waals surface area contributed by atoms with E-state index in [0.29, 0.717) is 22.6 Å². The molecule has 0 unspecified atom stereocenters. The fourth-order valence-electron chi connectivity index (χ4n) is 3.26. The number of fused-ring (bicyclic) bond motifs is 1. The molecule has 0 fully saturated rings. The number of hydrogen-bond acceptors (Lipinski definition) is 5. The molecule has 0 aliphatic carbocycles. The normalized spacial score (nSPS) is 15.5. The third-order valence-electron chi connectivity index (χ3n) is 4.53. The standard InChI is InChI=1S/C22H26N2O5/c1-13-10-17-15(11-14(13)19(26)16-8-7-9-28-16)24(20(27)22(5,6)29-17)12-18(25)23-21(2,3)4/h7-11H,12H2,1-6H3,(H,23,25). The molecule has 0 atom stereocenters. The molecule has 1 aliphatic rings. The molecule has 2 heterocycles. The minimum absolute atomic E-state index is 0.173. The molecule has 154 valence electrons. The lowest BCUT2D eigenvalue weighted by Gasteiger charge is -2.39. The van der Waals surface area contributed by atoms with Gasteiger partial charge < -0.3 is 14.5 Å². The van der Waals surface area contributed by atoms with E-state index in [1.165, 1.54) is 11.2 Å². The van der Waals surface area contributed by atoms with Gasteiger partial charge >= 0.3 is 0 Å². The Hall–Kier alpha value is -3.09. The number of ether oxygens (including phenoxy) is 1. The van der Waals surface area contributed by atoms with E-state index in [0.717, 1.165) is 0 Å². The van der Waals surface area contributed by atoms with Crippen molar-refractivity contribution in [2.45, 2.75) is 52.7 Å². The number of nitrogens with zero attached hydrogens (tertiary/aromatic N) is 1. The summed E-state index contributed by atoms with van der Waals surface area (Å²) >= 11 is 0. The molecule has 2 amide bonds. The Morgan fingerprint density at radius 3 is 2.48 bits per heavy atom. The summed E-state index contributed by atoms with van der Waals surface area (Å²) in [5, 5.41) is 2.86. The molecule has 3 rings (SSSR count). The second-order valence-corrected chi connectivity index (χ2v) is 8.74. The molecule has 2 aromatic rings. The van der Waals surface area contributed by atoms with Crippen LogP contribution in [0.15, 0.2) is 34.9 Å². The van der Waals surface area contributed by atoms with Crippen molar-refractivity contribution in [3.63, 3.8) is 0 Å². The van der Waals surface area contributed by atoms with E-state index in [2.05, 4.69) is 5.32 Å². The lowest BCUT2D eigenvalue weighted by Crippen LogP contribution is -2.56. The van der Waals surface area contributed by atoms with Crippen LogP contribution in [0.5, 0.6) is 5.75 Å². The molecule has 0 radical (unpaired) electrons. The SMILES string of the molecule is Cc1cc2c(cc1C(=O)c1ccco1)N(CC(=O)NC(C)(C)C)C(=O)C(C)(C)O2. The highest BCUT2D eigenvalue weighted by molar-refractivity contribution is 6.11. The molecule has 0 spiro atoms. The maximum atomic E-state index is 13.0. The average Bonchev–Trinajstić information content (AvgIpc) is 3.10. The number of nitrogens with one attached hydrogen (secondary N) is 1. The van der Waals surface area contributed by atoms with Gasteiger partial charge in [0.1, 0.15) is 12.3 Å². The minimum Gasteiger partial charge on any atom is -0.476 e. The molecule has 7 heteroatoms. The molecule has 0 saturated heterocycles. The summed E-state index contributed by atoms with van der Waals surface area (Å²) in [6.07, 6.45) is 1.43. The summed E-state index contributed by atoms with van der Waals surface area (Å²) in [6, 6.07) is 6.53. The first-order chi connectivity index (χ1) is 13.4. The first-order valence-corrected chi connectivity index (χ1v) is 9.44. The number of furan rings is 1. The van der Waals surface area contributed by atoms with Gasteiger partial charge in [0.15, 0.2) is 11.4 Å². The van der Waals surface area contributed by atoms with Gasteiger partial charge in [-0.2, -0.15) is 0 Å². The third-order valence-corrected chi connectivity index (χ3v) is 4.53. The van der Waals surface area contributed by atoms with Gasteiger partial charge in [-0.15, -0.1) is 0 Å². The number of anilines is 1. The van der Waals surface area contributed by atoms with E-state index >= 15 is 0 Å². The molecule has 1 aliphatic heterocycles. The quantitative estimate of drug-likeness (QED) is 0.799. The summed E-state index contributed by atoms with van der Waals surface area (Å²) in [4.78, 5) is 39.8. The number of carbonyl (C=O) groups excluding carboxylic acids is 3. The highest BCUT2D eigenvalue weighted by atomic mass is 16.5. The predicted octanol–water partition coefficient (Wildman–Crippen LogP) is 3.24. The van der Waals surface area contributed by atoms with Crippen LogP contribution in [0.4, 0.5) is 5.69 Å². The largest absolute Gasteiger partial charge is 0.476 e. The number of amides is 2. The number of hydrogen-bond donors (Lipinski definition) is 1. The summed E-state index contributed by atoms with van der Waals surface area (Å²) in [5.74, 6) is -0.296. The number of rotatable bonds is 4. The third kappa shape index (κ3) is 4.18. The van der Waals surface area contributed by atoms with Crippen LogP contribution in [0.25, 0.3) is 0 Å². The maximum absolute atomic E-state index is 13.0. The zero-order valence-corrected chi connectivity index (χ0v) is 17.6. The molecule has 1 aromatic carbocycles. The number of benzene rings is 1. The highest BCUT2D eigenvalue weighted by Gasteiger charge is 2.42. The second kappa shape index (κ2) is 7.06. The van der Waals surface area contributed by atoms with Crippen molar-refractivity contribution in [2.75, 3.05) is 11.4 Å². The average molecular weight is 398 g/mol. The fourth-order valence-corrected chi connectivity index (χ4v) is 3.26. The van der Waals surface area contributed by atoms with Crippen molar-refractivity contribution < 1.29 is 23.5 Å². The van der Waals surface area contributed by atoms with E-state index in [1.807, 2.05) is 20.8 Å².